The molecule has 0 aliphatic rings. The molecule has 4 atom stereocenters. The molecule has 0 heterocycles. The SMILES string of the molecule is CC(CBr)C(O)C(O)C(C)CBr. The molecule has 0 radical (unpaired) electrons. The first-order valence-electron chi connectivity index (χ1n) is 4.02. The zero-order valence-electron chi connectivity index (χ0n) is 7.37. The Morgan fingerprint density at radius 1 is 0.917 bits per heavy atom. The molecule has 0 saturated heterocycles. The van der Waals surface area contributed by atoms with Crippen molar-refractivity contribution in [2.75, 3.05) is 10.7 Å². The monoisotopic (exact) mass is 302 g/mol. The van der Waals surface area contributed by atoms with Crippen LogP contribution in [0.2, 0.25) is 0 Å². The van der Waals surface area contributed by atoms with Gasteiger partial charge in [-0.25, -0.2) is 0 Å². The lowest BCUT2D eigenvalue weighted by Gasteiger charge is -2.26. The van der Waals surface area contributed by atoms with Crippen LogP contribution in [-0.4, -0.2) is 33.1 Å². The van der Waals surface area contributed by atoms with Gasteiger partial charge in [0.05, 0.1) is 12.2 Å². The van der Waals surface area contributed by atoms with Crippen LogP contribution in [0.25, 0.3) is 0 Å². The number of rotatable bonds is 5. The third-order valence-corrected chi connectivity index (χ3v) is 4.05. The average molecular weight is 304 g/mol. The van der Waals surface area contributed by atoms with Crippen LogP contribution in [0.3, 0.4) is 0 Å². The third kappa shape index (κ3) is 3.73. The summed E-state index contributed by atoms with van der Waals surface area (Å²) in [5.74, 6) is 0.169. The summed E-state index contributed by atoms with van der Waals surface area (Å²) in [6, 6.07) is 0. The van der Waals surface area contributed by atoms with Crippen molar-refractivity contribution in [1.29, 1.82) is 0 Å². The highest BCUT2D eigenvalue weighted by Gasteiger charge is 2.26. The number of hydrogen-bond donors (Lipinski definition) is 2. The second-order valence-electron chi connectivity index (χ2n) is 3.24. The molecule has 4 heteroatoms. The van der Waals surface area contributed by atoms with Crippen LogP contribution in [0, 0.1) is 11.8 Å². The summed E-state index contributed by atoms with van der Waals surface area (Å²) in [6.07, 6.45) is -1.28. The van der Waals surface area contributed by atoms with E-state index in [1.54, 1.807) is 0 Å². The fourth-order valence-corrected chi connectivity index (χ4v) is 1.62. The average Bonchev–Trinajstić information content (AvgIpc) is 2.12. The Bertz CT molecular complexity index is 108. The molecule has 0 aromatic carbocycles. The second kappa shape index (κ2) is 6.35. The minimum Gasteiger partial charge on any atom is -0.390 e. The van der Waals surface area contributed by atoms with Crippen LogP contribution in [-0.2, 0) is 0 Å². The summed E-state index contributed by atoms with van der Waals surface area (Å²) < 4.78 is 0. The van der Waals surface area contributed by atoms with Crippen molar-refractivity contribution in [1.82, 2.24) is 0 Å². The summed E-state index contributed by atoms with van der Waals surface area (Å²) in [4.78, 5) is 0. The number of aliphatic hydroxyl groups excluding tert-OH is 2. The lowest BCUT2D eigenvalue weighted by atomic mass is 9.94. The van der Waals surface area contributed by atoms with E-state index in [-0.39, 0.29) is 11.8 Å². The lowest BCUT2D eigenvalue weighted by molar-refractivity contribution is -0.0294. The molecule has 0 fully saturated rings. The molecule has 0 aromatic heterocycles. The number of halogens is 2. The van der Waals surface area contributed by atoms with E-state index < -0.39 is 12.2 Å². The normalized spacial score (nSPS) is 21.5. The van der Waals surface area contributed by atoms with Gasteiger partial charge in [-0.15, -0.1) is 0 Å². The predicted octanol–water partition coefficient (Wildman–Crippen LogP) is 1.77. The van der Waals surface area contributed by atoms with Gasteiger partial charge >= 0.3 is 0 Å². The molecule has 2 N–H and O–H groups in total. The van der Waals surface area contributed by atoms with Gasteiger partial charge in [0.1, 0.15) is 0 Å². The summed E-state index contributed by atoms with van der Waals surface area (Å²) in [5.41, 5.74) is 0. The van der Waals surface area contributed by atoms with Gasteiger partial charge in [-0.3, -0.25) is 0 Å². The Morgan fingerprint density at radius 3 is 1.33 bits per heavy atom. The molecule has 0 bridgehead atoms. The van der Waals surface area contributed by atoms with Crippen molar-refractivity contribution in [3.8, 4) is 0 Å². The zero-order valence-corrected chi connectivity index (χ0v) is 10.5. The maximum Gasteiger partial charge on any atom is 0.0835 e. The Labute approximate surface area is 90.6 Å². The van der Waals surface area contributed by atoms with E-state index in [4.69, 9.17) is 0 Å². The standard InChI is InChI=1S/C8H16Br2O2/c1-5(3-9)7(11)8(12)6(2)4-10/h5-8,11-12H,3-4H2,1-2H3. The summed E-state index contributed by atoms with van der Waals surface area (Å²) in [7, 11) is 0. The van der Waals surface area contributed by atoms with Crippen LogP contribution in [0.5, 0.6) is 0 Å². The first kappa shape index (κ1) is 12.9. The summed E-state index contributed by atoms with van der Waals surface area (Å²) >= 11 is 6.54. The quantitative estimate of drug-likeness (QED) is 0.760. The summed E-state index contributed by atoms with van der Waals surface area (Å²) in [6.45, 7) is 3.81. The van der Waals surface area contributed by atoms with Crippen molar-refractivity contribution in [3.05, 3.63) is 0 Å². The van der Waals surface area contributed by atoms with Crippen molar-refractivity contribution in [2.24, 2.45) is 11.8 Å². The van der Waals surface area contributed by atoms with Crippen molar-refractivity contribution in [3.63, 3.8) is 0 Å². The van der Waals surface area contributed by atoms with Crippen LogP contribution in [0.15, 0.2) is 0 Å². The number of alkyl halides is 2. The van der Waals surface area contributed by atoms with E-state index >= 15 is 0 Å². The van der Waals surface area contributed by atoms with E-state index in [1.165, 1.54) is 0 Å². The fraction of sp³-hybridized carbons (Fsp3) is 1.00. The Kier molecular flexibility index (Phi) is 6.82. The zero-order chi connectivity index (χ0) is 9.72. The highest BCUT2D eigenvalue weighted by atomic mass is 79.9. The van der Waals surface area contributed by atoms with Gasteiger partial charge in [0.2, 0.25) is 0 Å². The van der Waals surface area contributed by atoms with E-state index in [1.807, 2.05) is 13.8 Å². The van der Waals surface area contributed by atoms with Crippen molar-refractivity contribution >= 4 is 31.9 Å². The van der Waals surface area contributed by atoms with Crippen LogP contribution < -0.4 is 0 Å². The highest BCUT2D eigenvalue weighted by molar-refractivity contribution is 9.09. The smallest absolute Gasteiger partial charge is 0.0835 e. The Morgan fingerprint density at radius 2 is 1.17 bits per heavy atom. The molecule has 12 heavy (non-hydrogen) atoms. The topological polar surface area (TPSA) is 40.5 Å². The maximum atomic E-state index is 9.59. The van der Waals surface area contributed by atoms with Gasteiger partial charge in [-0.1, -0.05) is 45.7 Å². The molecule has 0 spiro atoms. The molecule has 0 aliphatic heterocycles. The molecule has 0 amide bonds. The molecular weight excluding hydrogens is 288 g/mol. The van der Waals surface area contributed by atoms with E-state index in [2.05, 4.69) is 31.9 Å². The predicted molar refractivity (Wildman–Crippen MR) is 57.9 cm³/mol. The molecule has 0 aromatic rings. The lowest BCUT2D eigenvalue weighted by Crippen LogP contribution is -2.38. The third-order valence-electron chi connectivity index (χ3n) is 2.00. The van der Waals surface area contributed by atoms with Gasteiger partial charge in [0, 0.05) is 10.7 Å². The van der Waals surface area contributed by atoms with Gasteiger partial charge in [0.25, 0.3) is 0 Å². The fourth-order valence-electron chi connectivity index (χ4n) is 0.856. The molecule has 4 unspecified atom stereocenters. The molecule has 74 valence electrons. The Balaban J connectivity index is 3.99. The molecule has 0 rings (SSSR count). The minimum atomic E-state index is -0.642. The van der Waals surface area contributed by atoms with Gasteiger partial charge in [-0.2, -0.15) is 0 Å². The number of hydrogen-bond acceptors (Lipinski definition) is 2. The first-order valence-corrected chi connectivity index (χ1v) is 6.27. The van der Waals surface area contributed by atoms with Gasteiger partial charge in [0.15, 0.2) is 0 Å². The Hall–Kier alpha value is 0.880. The largest absolute Gasteiger partial charge is 0.390 e. The van der Waals surface area contributed by atoms with Crippen LogP contribution in [0.1, 0.15) is 13.8 Å². The van der Waals surface area contributed by atoms with Gasteiger partial charge in [-0.05, 0) is 11.8 Å². The molecule has 0 aliphatic carbocycles. The van der Waals surface area contributed by atoms with Crippen LogP contribution >= 0.6 is 31.9 Å². The van der Waals surface area contributed by atoms with Gasteiger partial charge < -0.3 is 10.2 Å². The number of aliphatic hydroxyl groups is 2. The molecule has 0 saturated carbocycles. The van der Waals surface area contributed by atoms with Crippen molar-refractivity contribution < 1.29 is 10.2 Å². The first-order chi connectivity index (χ1) is 5.54. The molecule has 2 nitrogen and oxygen atoms in total. The highest BCUT2D eigenvalue weighted by Crippen LogP contribution is 2.17. The maximum absolute atomic E-state index is 9.59. The molecular formula is C8H16Br2O2. The van der Waals surface area contributed by atoms with E-state index in [0.29, 0.717) is 10.7 Å². The second-order valence-corrected chi connectivity index (χ2v) is 4.54. The van der Waals surface area contributed by atoms with Crippen LogP contribution in [0.4, 0.5) is 0 Å². The van der Waals surface area contributed by atoms with E-state index in [9.17, 15) is 10.2 Å². The summed E-state index contributed by atoms with van der Waals surface area (Å²) in [5, 5.41) is 20.6. The van der Waals surface area contributed by atoms with E-state index in [0.717, 1.165) is 0 Å². The minimum absolute atomic E-state index is 0.0847. The van der Waals surface area contributed by atoms with Crippen molar-refractivity contribution in [2.45, 2.75) is 26.1 Å².